The van der Waals surface area contributed by atoms with E-state index in [0.717, 1.165) is 52.1 Å². The molecule has 0 bridgehead atoms. The number of amides is 3. The Morgan fingerprint density at radius 2 is 1.97 bits per heavy atom. The van der Waals surface area contributed by atoms with E-state index >= 15 is 0 Å². The van der Waals surface area contributed by atoms with Crippen LogP contribution >= 0.6 is 0 Å². The molecule has 1 saturated heterocycles. The smallest absolute Gasteiger partial charge is 0.317 e. The molecule has 2 aliphatic heterocycles. The zero-order valence-corrected chi connectivity index (χ0v) is 21.0. The fourth-order valence-corrected chi connectivity index (χ4v) is 4.16. The molecule has 35 heavy (non-hydrogen) atoms. The average Bonchev–Trinajstić information content (AvgIpc) is 2.85. The summed E-state index contributed by atoms with van der Waals surface area (Å²) < 4.78 is 5.41. The Morgan fingerprint density at radius 3 is 2.66 bits per heavy atom. The summed E-state index contributed by atoms with van der Waals surface area (Å²) in [7, 11) is 0. The number of morpholine rings is 1. The molecule has 1 atom stereocenters. The van der Waals surface area contributed by atoms with E-state index in [-0.39, 0.29) is 23.9 Å². The number of unbranched alkanes of at least 4 members (excludes halogenated alkanes) is 2. The molecule has 0 radical (unpaired) electrons. The van der Waals surface area contributed by atoms with Crippen LogP contribution in [0.1, 0.15) is 33.1 Å². The van der Waals surface area contributed by atoms with Crippen molar-refractivity contribution in [3.05, 3.63) is 36.4 Å². The maximum Gasteiger partial charge on any atom is 0.317 e. The highest BCUT2D eigenvalue weighted by Gasteiger charge is 2.21. The van der Waals surface area contributed by atoms with E-state index in [1.165, 1.54) is 0 Å². The molecule has 0 spiro atoms. The Morgan fingerprint density at radius 1 is 1.20 bits per heavy atom. The lowest BCUT2D eigenvalue weighted by Crippen LogP contribution is -2.46. The highest BCUT2D eigenvalue weighted by atomic mass is 16.5. The van der Waals surface area contributed by atoms with E-state index in [1.807, 2.05) is 37.0 Å². The molecule has 1 aromatic rings. The number of urea groups is 1. The summed E-state index contributed by atoms with van der Waals surface area (Å²) in [5.74, 6) is -0.216. The summed E-state index contributed by atoms with van der Waals surface area (Å²) in [4.78, 5) is 34.2. The molecule has 2 aliphatic rings. The first-order valence-corrected chi connectivity index (χ1v) is 12.7. The molecule has 1 fully saturated rings. The van der Waals surface area contributed by atoms with Crippen LogP contribution in [0.15, 0.2) is 41.4 Å². The van der Waals surface area contributed by atoms with E-state index in [9.17, 15) is 9.59 Å². The molecule has 0 aromatic heterocycles. The summed E-state index contributed by atoms with van der Waals surface area (Å²) >= 11 is 0. The highest BCUT2D eigenvalue weighted by Crippen LogP contribution is 2.18. The van der Waals surface area contributed by atoms with Crippen molar-refractivity contribution in [1.82, 2.24) is 15.1 Å². The van der Waals surface area contributed by atoms with E-state index in [1.54, 1.807) is 18.2 Å². The van der Waals surface area contributed by atoms with Crippen LogP contribution in [0, 0.1) is 5.92 Å². The first-order chi connectivity index (χ1) is 16.9. The van der Waals surface area contributed by atoms with Gasteiger partial charge in [0.05, 0.1) is 24.6 Å². The molecule has 9 heteroatoms. The number of ether oxygens (including phenoxy) is 1. The molecular formula is C26H40N6O3. The number of nitrogens with zero attached hydrogens (tertiary/aromatic N) is 3. The van der Waals surface area contributed by atoms with Gasteiger partial charge in [-0.15, -0.1) is 0 Å². The van der Waals surface area contributed by atoms with Gasteiger partial charge in [0.1, 0.15) is 5.71 Å². The first-order valence-electron chi connectivity index (χ1n) is 12.7. The van der Waals surface area contributed by atoms with Crippen molar-refractivity contribution in [3.63, 3.8) is 0 Å². The lowest BCUT2D eigenvalue weighted by molar-refractivity contribution is -0.110. The van der Waals surface area contributed by atoms with Crippen LogP contribution in [0.4, 0.5) is 16.2 Å². The zero-order chi connectivity index (χ0) is 25.0. The Kier molecular flexibility index (Phi) is 10.6. The molecule has 1 unspecified atom stereocenters. The van der Waals surface area contributed by atoms with Crippen molar-refractivity contribution >= 4 is 29.0 Å². The Bertz CT molecular complexity index is 895. The third-order valence-corrected chi connectivity index (χ3v) is 6.12. The van der Waals surface area contributed by atoms with Crippen LogP contribution in [0.5, 0.6) is 0 Å². The number of anilines is 2. The van der Waals surface area contributed by atoms with Crippen molar-refractivity contribution < 1.29 is 14.3 Å². The van der Waals surface area contributed by atoms with Crippen LogP contribution < -0.4 is 16.4 Å². The lowest BCUT2D eigenvalue weighted by atomic mass is 10.0. The van der Waals surface area contributed by atoms with E-state index in [2.05, 4.69) is 20.5 Å². The normalized spacial score (nSPS) is 18.3. The topological polar surface area (TPSA) is 112 Å². The highest BCUT2D eigenvalue weighted by molar-refractivity contribution is 6.47. The first kappa shape index (κ1) is 26.7. The number of carbonyl (C=O) groups excluding carboxylic acids is 2. The van der Waals surface area contributed by atoms with Gasteiger partial charge >= 0.3 is 6.03 Å². The monoisotopic (exact) mass is 484 g/mol. The molecule has 0 aliphatic carbocycles. The van der Waals surface area contributed by atoms with Gasteiger partial charge in [0.2, 0.25) is 0 Å². The molecule has 0 saturated carbocycles. The number of nitrogens with one attached hydrogen (secondary N) is 2. The van der Waals surface area contributed by atoms with Gasteiger partial charge in [0.15, 0.2) is 0 Å². The second-order valence-electron chi connectivity index (χ2n) is 9.45. The Labute approximate surface area is 208 Å². The molecule has 192 valence electrons. The van der Waals surface area contributed by atoms with Crippen LogP contribution in [-0.2, 0) is 9.53 Å². The standard InChI is InChI=1S/C26H40N6O3/c1-20(2)29-26(34)32(13-7-3-6-12-31-14-16-35-17-15-31)19-21-10-11-24(28-18-21)25(33)30-23-9-5-4-8-22(23)27/h4-5,8-11,20-21H,3,6-7,12-19,27H2,1-2H3,(H,29,34)(H,30,33). The summed E-state index contributed by atoms with van der Waals surface area (Å²) in [6, 6.07) is 7.17. The summed E-state index contributed by atoms with van der Waals surface area (Å²) in [6.45, 7) is 10.4. The Hall–Kier alpha value is -2.91. The van der Waals surface area contributed by atoms with E-state index in [4.69, 9.17) is 10.5 Å². The molecule has 4 N–H and O–H groups in total. The summed E-state index contributed by atoms with van der Waals surface area (Å²) in [6.07, 6.45) is 6.88. The predicted octanol–water partition coefficient (Wildman–Crippen LogP) is 2.76. The number of rotatable bonds is 11. The molecule has 3 rings (SSSR count). The fraction of sp³-hybridized carbons (Fsp3) is 0.577. The van der Waals surface area contributed by atoms with Gasteiger partial charge in [-0.3, -0.25) is 14.7 Å². The number of dihydropyridines is 1. The van der Waals surface area contributed by atoms with Crippen molar-refractivity contribution in [2.24, 2.45) is 10.9 Å². The van der Waals surface area contributed by atoms with E-state index in [0.29, 0.717) is 36.7 Å². The van der Waals surface area contributed by atoms with Gasteiger partial charge in [-0.2, -0.15) is 0 Å². The third kappa shape index (κ3) is 8.99. The van der Waals surface area contributed by atoms with Crippen LogP contribution in [-0.4, -0.2) is 86.0 Å². The molecule has 9 nitrogen and oxygen atoms in total. The van der Waals surface area contributed by atoms with Gasteiger partial charge < -0.3 is 26.0 Å². The average molecular weight is 485 g/mol. The maximum absolute atomic E-state index is 12.8. The van der Waals surface area contributed by atoms with E-state index < -0.39 is 0 Å². The van der Waals surface area contributed by atoms with Crippen LogP contribution in [0.3, 0.4) is 0 Å². The lowest BCUT2D eigenvalue weighted by Gasteiger charge is -2.28. The van der Waals surface area contributed by atoms with Crippen molar-refractivity contribution in [3.8, 4) is 0 Å². The fourth-order valence-electron chi connectivity index (χ4n) is 4.16. The van der Waals surface area contributed by atoms with Crippen LogP contribution in [0.25, 0.3) is 0 Å². The van der Waals surface area contributed by atoms with Crippen molar-refractivity contribution in [2.75, 3.05) is 63.5 Å². The number of carbonyl (C=O) groups is 2. The minimum atomic E-state index is -0.285. The van der Waals surface area contributed by atoms with Gasteiger partial charge in [-0.25, -0.2) is 4.79 Å². The van der Waals surface area contributed by atoms with Crippen molar-refractivity contribution in [1.29, 1.82) is 0 Å². The predicted molar refractivity (Wildman–Crippen MR) is 141 cm³/mol. The van der Waals surface area contributed by atoms with Gasteiger partial charge in [0, 0.05) is 44.7 Å². The third-order valence-electron chi connectivity index (χ3n) is 6.12. The number of hydrogen-bond donors (Lipinski definition) is 3. The number of benzene rings is 1. The maximum atomic E-state index is 12.8. The van der Waals surface area contributed by atoms with Crippen LogP contribution in [0.2, 0.25) is 0 Å². The SMILES string of the molecule is CC(C)NC(=O)N(CCCCCN1CCOCC1)CC1C=CC(C(=O)Nc2ccccc2N)=NC1. The zero-order valence-electron chi connectivity index (χ0n) is 21.0. The number of nitrogen functional groups attached to an aromatic ring is 1. The van der Waals surface area contributed by atoms with Gasteiger partial charge in [0.25, 0.3) is 5.91 Å². The number of para-hydroxylation sites is 2. The minimum absolute atomic E-state index is 0.0475. The molecule has 3 amide bonds. The molecule has 1 aromatic carbocycles. The number of nitrogens with two attached hydrogens (primary N) is 1. The summed E-state index contributed by atoms with van der Waals surface area (Å²) in [5.41, 5.74) is 7.36. The summed E-state index contributed by atoms with van der Waals surface area (Å²) in [5, 5.41) is 5.82. The largest absolute Gasteiger partial charge is 0.397 e. The minimum Gasteiger partial charge on any atom is -0.397 e. The molecule has 2 heterocycles. The second kappa shape index (κ2) is 13.8. The van der Waals surface area contributed by atoms with Crippen molar-refractivity contribution in [2.45, 2.75) is 39.2 Å². The van der Waals surface area contributed by atoms with Gasteiger partial charge in [-0.05, 0) is 51.4 Å². The quantitative estimate of drug-likeness (QED) is 0.330. The van der Waals surface area contributed by atoms with Gasteiger partial charge in [-0.1, -0.05) is 24.6 Å². The second-order valence-corrected chi connectivity index (χ2v) is 9.45. The molecular weight excluding hydrogens is 444 g/mol. The Balaban J connectivity index is 1.46. The number of hydrogen-bond acceptors (Lipinski definition) is 6. The number of aliphatic imine (C=N–C) groups is 1.